The van der Waals surface area contributed by atoms with Gasteiger partial charge in [-0.2, -0.15) is 17.9 Å². The summed E-state index contributed by atoms with van der Waals surface area (Å²) in [6, 6.07) is 8.73. The van der Waals surface area contributed by atoms with Gasteiger partial charge in [-0.3, -0.25) is 0 Å². The Kier molecular flexibility index (Phi) is 6.35. The van der Waals surface area contributed by atoms with Gasteiger partial charge in [0.25, 0.3) is 0 Å². The lowest BCUT2D eigenvalue weighted by atomic mass is 9.85. The number of allylic oxidation sites excluding steroid dienone is 3. The molecule has 1 N–H and O–H groups in total. The molecule has 12 heteroatoms. The van der Waals surface area contributed by atoms with Crippen molar-refractivity contribution in [2.45, 2.75) is 24.7 Å². The molecule has 0 saturated carbocycles. The number of hydrogen-bond donors (Lipinski definition) is 1. The van der Waals surface area contributed by atoms with Gasteiger partial charge in [-0.1, -0.05) is 41.6 Å². The van der Waals surface area contributed by atoms with Crippen molar-refractivity contribution in [1.82, 2.24) is 4.72 Å². The van der Waals surface area contributed by atoms with Crippen molar-refractivity contribution in [3.05, 3.63) is 70.2 Å². The number of cyclic esters (lactones) is 1. The zero-order valence-electron chi connectivity index (χ0n) is 16.0. The third kappa shape index (κ3) is 5.02. The number of oxime groups is 1. The molecule has 1 fully saturated rings. The van der Waals surface area contributed by atoms with E-state index >= 15 is 0 Å². The van der Waals surface area contributed by atoms with Gasteiger partial charge in [0, 0.05) is 5.75 Å². The Labute approximate surface area is 180 Å². The number of nitrogens with one attached hydrogen (secondary N) is 1. The molecule has 0 radical (unpaired) electrons. The number of alkyl halides is 3. The predicted octanol–water partition coefficient (Wildman–Crippen LogP) is 3.56. The number of sulfonamides is 1. The van der Waals surface area contributed by atoms with E-state index in [2.05, 4.69) is 21.3 Å². The molecule has 0 spiro atoms. The molecule has 0 amide bonds. The lowest BCUT2D eigenvalue weighted by molar-refractivity contribution is -0.190. The van der Waals surface area contributed by atoms with Crippen LogP contribution in [-0.2, 0) is 24.4 Å². The average molecular weight is 474 g/mol. The number of carbonyl (C=O) groups excluding carboxylic acids is 1. The van der Waals surface area contributed by atoms with Crippen molar-refractivity contribution in [2.24, 2.45) is 5.16 Å². The second-order valence-corrected chi connectivity index (χ2v) is 9.69. The van der Waals surface area contributed by atoms with E-state index in [1.165, 1.54) is 19.1 Å². The van der Waals surface area contributed by atoms with Gasteiger partial charge in [-0.05, 0) is 30.7 Å². The Morgan fingerprint density at radius 3 is 2.58 bits per heavy atom. The molecule has 7 nitrogen and oxygen atoms in total. The van der Waals surface area contributed by atoms with Crippen LogP contribution in [0.4, 0.5) is 13.2 Å². The van der Waals surface area contributed by atoms with Crippen LogP contribution in [0.2, 0.25) is 0 Å². The molecule has 1 aromatic carbocycles. The third-order valence-electron chi connectivity index (χ3n) is 4.40. The van der Waals surface area contributed by atoms with Gasteiger partial charge >= 0.3 is 12.1 Å². The van der Waals surface area contributed by atoms with Crippen LogP contribution in [-0.4, -0.2) is 38.1 Å². The van der Waals surface area contributed by atoms with Crippen LogP contribution in [0, 0.1) is 0 Å². The van der Waals surface area contributed by atoms with E-state index < -0.39 is 39.6 Å². The summed E-state index contributed by atoms with van der Waals surface area (Å²) in [4.78, 5) is 16.2. The Morgan fingerprint density at radius 1 is 1.35 bits per heavy atom. The van der Waals surface area contributed by atoms with Crippen LogP contribution in [0.5, 0.6) is 0 Å². The van der Waals surface area contributed by atoms with Crippen molar-refractivity contribution in [1.29, 1.82) is 0 Å². The highest BCUT2D eigenvalue weighted by Crippen LogP contribution is 2.42. The minimum atomic E-state index is -4.73. The number of thioether (sulfide) groups is 1. The Balaban J connectivity index is 1.70. The highest BCUT2D eigenvalue weighted by Gasteiger charge is 2.57. The highest BCUT2D eigenvalue weighted by molar-refractivity contribution is 8.18. The number of nitrogens with zero attached hydrogens (tertiary/aromatic N) is 1. The monoisotopic (exact) mass is 474 g/mol. The van der Waals surface area contributed by atoms with Gasteiger partial charge < -0.3 is 9.57 Å². The number of hydrogen-bond acceptors (Lipinski definition) is 7. The van der Waals surface area contributed by atoms with Crippen LogP contribution in [0.3, 0.4) is 0 Å². The van der Waals surface area contributed by atoms with Gasteiger partial charge in [0.1, 0.15) is 4.24 Å². The normalized spacial score (nSPS) is 24.1. The third-order valence-corrected chi connectivity index (χ3v) is 7.67. The van der Waals surface area contributed by atoms with Crippen LogP contribution in [0.25, 0.3) is 0 Å². The van der Waals surface area contributed by atoms with E-state index in [1.807, 2.05) is 0 Å². The van der Waals surface area contributed by atoms with Gasteiger partial charge in [-0.15, -0.1) is 11.8 Å². The first-order chi connectivity index (χ1) is 14.4. The molecule has 3 rings (SSSR count). The molecule has 2 heterocycles. The Bertz CT molecular complexity index is 1080. The van der Waals surface area contributed by atoms with Crippen LogP contribution >= 0.6 is 11.8 Å². The quantitative estimate of drug-likeness (QED) is 0.281. The Hall–Kier alpha value is -2.57. The van der Waals surface area contributed by atoms with E-state index in [0.29, 0.717) is 11.1 Å². The van der Waals surface area contributed by atoms with Crippen molar-refractivity contribution < 1.29 is 36.0 Å². The molecule has 31 heavy (non-hydrogen) atoms. The van der Waals surface area contributed by atoms with Crippen molar-refractivity contribution in [3.63, 3.8) is 0 Å². The minimum Gasteiger partial charge on any atom is -0.453 e. The summed E-state index contributed by atoms with van der Waals surface area (Å²) in [5, 5.41) is 3.20. The van der Waals surface area contributed by atoms with E-state index in [-0.39, 0.29) is 9.99 Å². The topological polar surface area (TPSA) is 94.1 Å². The zero-order chi connectivity index (χ0) is 22.9. The van der Waals surface area contributed by atoms with Crippen LogP contribution < -0.4 is 4.72 Å². The molecule has 1 saturated heterocycles. The van der Waals surface area contributed by atoms with Gasteiger partial charge in [0.2, 0.25) is 15.8 Å². The molecule has 0 aromatic heterocycles. The summed E-state index contributed by atoms with van der Waals surface area (Å²) in [5.41, 5.74) is -0.398. The van der Waals surface area contributed by atoms with E-state index in [4.69, 9.17) is 4.74 Å². The largest absolute Gasteiger partial charge is 0.453 e. The van der Waals surface area contributed by atoms with Crippen molar-refractivity contribution in [2.75, 3.05) is 5.75 Å². The first kappa shape index (κ1) is 23.1. The van der Waals surface area contributed by atoms with Crippen LogP contribution in [0.15, 0.2) is 69.8 Å². The number of ether oxygens (including phenoxy) is 1. The fourth-order valence-electron chi connectivity index (χ4n) is 2.73. The summed E-state index contributed by atoms with van der Waals surface area (Å²) in [5.74, 6) is -2.05. The lowest BCUT2D eigenvalue weighted by Gasteiger charge is -2.44. The second-order valence-electron chi connectivity index (χ2n) is 6.77. The predicted molar refractivity (Wildman–Crippen MR) is 109 cm³/mol. The van der Waals surface area contributed by atoms with Gasteiger partial charge in [0.15, 0.2) is 11.6 Å². The highest BCUT2D eigenvalue weighted by atomic mass is 32.3. The summed E-state index contributed by atoms with van der Waals surface area (Å²) in [7, 11) is -4.06. The Morgan fingerprint density at radius 2 is 2.03 bits per heavy atom. The standard InChI is InChI=1S/C19H17F3N2O5S2/c1-12(19(20,21)22)29-23-10-13-8-9-15(30-11-13)31(26,27)24-18(2)16(28-17(18)25)14-6-4-3-5-7-14/h3-10,16,24H,1,11H2,2H3/b23-10+. The molecule has 2 unspecified atom stereocenters. The lowest BCUT2D eigenvalue weighted by Crippen LogP contribution is -2.65. The maximum absolute atomic E-state index is 12.8. The van der Waals surface area contributed by atoms with Crippen molar-refractivity contribution in [3.8, 4) is 0 Å². The number of rotatable bonds is 7. The van der Waals surface area contributed by atoms with Gasteiger partial charge in [-0.25, -0.2) is 13.2 Å². The summed E-state index contributed by atoms with van der Waals surface area (Å²) in [6.07, 6.45) is -1.82. The molecule has 166 valence electrons. The number of benzene rings is 1. The van der Waals surface area contributed by atoms with Crippen molar-refractivity contribution >= 4 is 34.0 Å². The molecular weight excluding hydrogens is 457 g/mol. The molecular formula is C19H17F3N2O5S2. The second kappa shape index (κ2) is 8.52. The molecule has 0 bridgehead atoms. The molecule has 2 aliphatic rings. The number of esters is 1. The number of carbonyl (C=O) groups is 1. The fraction of sp³-hybridized carbons (Fsp3) is 0.263. The van der Waals surface area contributed by atoms with E-state index in [9.17, 15) is 26.4 Å². The average Bonchev–Trinajstić information content (AvgIpc) is 2.72. The minimum absolute atomic E-state index is 0.0574. The SMILES string of the molecule is C=C(O/N=C/C1=CC=C(S(=O)(=O)NC2(C)C(=O)OC2c2ccccc2)SC1)C(F)(F)F. The first-order valence-electron chi connectivity index (χ1n) is 8.73. The van der Waals surface area contributed by atoms with Crippen LogP contribution in [0.1, 0.15) is 18.6 Å². The fourth-order valence-corrected chi connectivity index (χ4v) is 5.40. The first-order valence-corrected chi connectivity index (χ1v) is 11.2. The maximum Gasteiger partial charge on any atom is 0.451 e. The summed E-state index contributed by atoms with van der Waals surface area (Å²) < 4.78 is 70.0. The number of halogens is 3. The van der Waals surface area contributed by atoms with Gasteiger partial charge in [0.05, 0.1) is 6.21 Å². The smallest absolute Gasteiger partial charge is 0.451 e. The molecule has 0 aliphatic carbocycles. The molecule has 1 aromatic rings. The maximum atomic E-state index is 12.8. The molecule has 2 atom stereocenters. The van der Waals surface area contributed by atoms with E-state index in [1.54, 1.807) is 30.3 Å². The van der Waals surface area contributed by atoms with E-state index in [0.717, 1.165) is 18.0 Å². The summed E-state index contributed by atoms with van der Waals surface area (Å²) >= 11 is 0.915. The summed E-state index contributed by atoms with van der Waals surface area (Å²) in [6.45, 7) is 4.16. The zero-order valence-corrected chi connectivity index (χ0v) is 17.7. The molecule has 2 aliphatic heterocycles.